The predicted molar refractivity (Wildman–Crippen MR) is 81.0 cm³/mol. The summed E-state index contributed by atoms with van der Waals surface area (Å²) in [6.07, 6.45) is 3.40. The molecule has 0 saturated heterocycles. The lowest BCUT2D eigenvalue weighted by Gasteiger charge is -2.15. The Hall–Kier alpha value is -1.07. The number of carbonyl (C=O) groups excluding carboxylic acids is 1. The van der Waals surface area contributed by atoms with Crippen LogP contribution in [0.25, 0.3) is 6.08 Å². The summed E-state index contributed by atoms with van der Waals surface area (Å²) < 4.78 is 4.97. The predicted octanol–water partition coefficient (Wildman–Crippen LogP) is 2.52. The van der Waals surface area contributed by atoms with Crippen molar-refractivity contribution >= 4 is 35.2 Å². The van der Waals surface area contributed by atoms with Crippen LogP contribution in [0, 0.1) is 0 Å². The average Bonchev–Trinajstić information content (AvgIpc) is 2.40. The summed E-state index contributed by atoms with van der Waals surface area (Å²) >= 11 is 11.9. The van der Waals surface area contributed by atoms with Gasteiger partial charge in [-0.1, -0.05) is 23.2 Å². The number of aliphatic hydroxyl groups excluding tert-OH is 1. The lowest BCUT2D eigenvalue weighted by molar-refractivity contribution is -0.117. The highest BCUT2D eigenvalue weighted by Crippen LogP contribution is 2.21. The van der Waals surface area contributed by atoms with Crippen molar-refractivity contribution in [2.24, 2.45) is 0 Å². The van der Waals surface area contributed by atoms with Crippen molar-refractivity contribution in [3.8, 4) is 0 Å². The topological polar surface area (TPSA) is 58.6 Å². The van der Waals surface area contributed by atoms with Crippen LogP contribution in [0.15, 0.2) is 24.3 Å². The maximum Gasteiger partial charge on any atom is 0.244 e. The third kappa shape index (κ3) is 5.92. The maximum atomic E-state index is 11.8. The number of aliphatic hydroxyl groups is 1. The first kappa shape index (κ1) is 17.0. The zero-order chi connectivity index (χ0) is 15.0. The summed E-state index contributed by atoms with van der Waals surface area (Å²) in [5.74, 6) is -0.281. The van der Waals surface area contributed by atoms with E-state index in [0.29, 0.717) is 28.6 Å². The zero-order valence-corrected chi connectivity index (χ0v) is 12.6. The number of methoxy groups -OCH3 is 1. The summed E-state index contributed by atoms with van der Waals surface area (Å²) in [7, 11) is 1.54. The molecule has 0 aliphatic carbocycles. The van der Waals surface area contributed by atoms with Crippen LogP contribution in [0.5, 0.6) is 0 Å². The molecular formula is C14H17Cl2NO3. The van der Waals surface area contributed by atoms with Crippen molar-refractivity contribution in [1.29, 1.82) is 0 Å². The smallest absolute Gasteiger partial charge is 0.244 e. The SMILES string of the molecule is COCC(CCO)NC(=O)/C=C/c1cc(Cl)ccc1Cl. The van der Waals surface area contributed by atoms with Crippen molar-refractivity contribution in [2.75, 3.05) is 20.3 Å². The Morgan fingerprint density at radius 2 is 2.25 bits per heavy atom. The Bertz CT molecular complexity index is 471. The van der Waals surface area contributed by atoms with Gasteiger partial charge in [-0.3, -0.25) is 4.79 Å². The van der Waals surface area contributed by atoms with Crippen LogP contribution in [0.2, 0.25) is 10.0 Å². The molecule has 1 atom stereocenters. The Labute approximate surface area is 128 Å². The Morgan fingerprint density at radius 3 is 2.90 bits per heavy atom. The summed E-state index contributed by atoms with van der Waals surface area (Å²) in [4.78, 5) is 11.8. The molecule has 1 unspecified atom stereocenters. The van der Waals surface area contributed by atoms with Crippen LogP contribution in [0.3, 0.4) is 0 Å². The Kier molecular flexibility index (Phi) is 7.62. The average molecular weight is 318 g/mol. The fraction of sp³-hybridized carbons (Fsp3) is 0.357. The Morgan fingerprint density at radius 1 is 1.50 bits per heavy atom. The molecule has 2 N–H and O–H groups in total. The highest BCUT2D eigenvalue weighted by Gasteiger charge is 2.09. The fourth-order valence-electron chi connectivity index (χ4n) is 1.61. The minimum absolute atomic E-state index is 0.0157. The molecule has 1 rings (SSSR count). The Balaban J connectivity index is 2.64. The van der Waals surface area contributed by atoms with Gasteiger partial charge in [0.05, 0.1) is 12.6 Å². The number of benzene rings is 1. The van der Waals surface area contributed by atoms with Crippen molar-refractivity contribution in [1.82, 2.24) is 5.32 Å². The van der Waals surface area contributed by atoms with E-state index in [4.69, 9.17) is 33.0 Å². The molecule has 1 aromatic rings. The molecule has 0 bridgehead atoms. The third-order valence-electron chi connectivity index (χ3n) is 2.56. The second-order valence-electron chi connectivity index (χ2n) is 4.17. The molecule has 0 fully saturated rings. The van der Waals surface area contributed by atoms with E-state index in [2.05, 4.69) is 5.32 Å². The van der Waals surface area contributed by atoms with E-state index in [0.717, 1.165) is 0 Å². The number of halogens is 2. The van der Waals surface area contributed by atoms with Gasteiger partial charge in [-0.2, -0.15) is 0 Å². The van der Waals surface area contributed by atoms with Crippen molar-refractivity contribution in [3.05, 3.63) is 39.9 Å². The molecule has 0 aliphatic rings. The van der Waals surface area contributed by atoms with Gasteiger partial charge in [0.2, 0.25) is 5.91 Å². The van der Waals surface area contributed by atoms with Gasteiger partial charge in [0.15, 0.2) is 0 Å². The van der Waals surface area contributed by atoms with E-state index in [1.807, 2.05) is 0 Å². The van der Waals surface area contributed by atoms with Gasteiger partial charge >= 0.3 is 0 Å². The van der Waals surface area contributed by atoms with Crippen molar-refractivity contribution < 1.29 is 14.6 Å². The van der Waals surface area contributed by atoms with E-state index in [1.165, 1.54) is 13.2 Å². The molecule has 110 valence electrons. The zero-order valence-electron chi connectivity index (χ0n) is 11.1. The maximum absolute atomic E-state index is 11.8. The number of hydrogen-bond donors (Lipinski definition) is 2. The van der Waals surface area contributed by atoms with Crippen molar-refractivity contribution in [2.45, 2.75) is 12.5 Å². The fourth-order valence-corrected chi connectivity index (χ4v) is 1.97. The molecule has 0 heterocycles. The molecule has 0 radical (unpaired) electrons. The van der Waals surface area contributed by atoms with E-state index < -0.39 is 0 Å². The second kappa shape index (κ2) is 8.97. The standard InChI is InChI=1S/C14H17Cl2NO3/c1-20-9-12(6-7-18)17-14(19)5-2-10-8-11(15)3-4-13(10)16/h2-5,8,12,18H,6-7,9H2,1H3,(H,17,19)/b5-2+. The van der Waals surface area contributed by atoms with Gasteiger partial charge in [-0.05, 0) is 36.3 Å². The number of carbonyl (C=O) groups is 1. The molecule has 6 heteroatoms. The lowest BCUT2D eigenvalue weighted by Crippen LogP contribution is -2.37. The summed E-state index contributed by atoms with van der Waals surface area (Å²) in [6.45, 7) is 0.330. The van der Waals surface area contributed by atoms with E-state index >= 15 is 0 Å². The molecule has 1 aromatic carbocycles. The molecule has 0 saturated carbocycles. The van der Waals surface area contributed by atoms with Crippen LogP contribution in [0.4, 0.5) is 0 Å². The highest BCUT2D eigenvalue weighted by atomic mass is 35.5. The minimum Gasteiger partial charge on any atom is -0.396 e. The summed E-state index contributed by atoms with van der Waals surface area (Å²) in [5, 5.41) is 12.7. The van der Waals surface area contributed by atoms with Crippen molar-refractivity contribution in [3.63, 3.8) is 0 Å². The first-order chi connectivity index (χ1) is 9.56. The van der Waals surface area contributed by atoms with Gasteiger partial charge in [0.1, 0.15) is 0 Å². The molecular weight excluding hydrogens is 301 g/mol. The minimum atomic E-state index is -0.281. The van der Waals surface area contributed by atoms with Gasteiger partial charge in [-0.25, -0.2) is 0 Å². The molecule has 0 aliphatic heterocycles. The second-order valence-corrected chi connectivity index (χ2v) is 5.02. The van der Waals surface area contributed by atoms with Crippen LogP contribution < -0.4 is 5.32 Å². The number of nitrogens with one attached hydrogen (secondary N) is 1. The molecule has 4 nitrogen and oxygen atoms in total. The van der Waals surface area contributed by atoms with E-state index in [9.17, 15) is 4.79 Å². The summed E-state index contributed by atoms with van der Waals surface area (Å²) in [5.41, 5.74) is 0.666. The number of ether oxygens (including phenoxy) is 1. The van der Waals surface area contributed by atoms with Gasteiger partial charge in [0.25, 0.3) is 0 Å². The third-order valence-corrected chi connectivity index (χ3v) is 3.14. The van der Waals surface area contributed by atoms with Crippen LogP contribution in [-0.4, -0.2) is 37.4 Å². The number of rotatable bonds is 7. The van der Waals surface area contributed by atoms with Gasteiger partial charge in [0, 0.05) is 29.8 Å². The first-order valence-corrected chi connectivity index (χ1v) is 6.86. The molecule has 20 heavy (non-hydrogen) atoms. The first-order valence-electron chi connectivity index (χ1n) is 6.10. The molecule has 1 amide bonds. The molecule has 0 spiro atoms. The lowest BCUT2D eigenvalue weighted by atomic mass is 10.2. The van der Waals surface area contributed by atoms with E-state index in [-0.39, 0.29) is 18.6 Å². The number of hydrogen-bond acceptors (Lipinski definition) is 3. The van der Waals surface area contributed by atoms with Crippen LogP contribution >= 0.6 is 23.2 Å². The van der Waals surface area contributed by atoms with Gasteiger partial charge in [-0.15, -0.1) is 0 Å². The van der Waals surface area contributed by atoms with E-state index in [1.54, 1.807) is 24.3 Å². The quantitative estimate of drug-likeness (QED) is 0.760. The molecule has 0 aromatic heterocycles. The summed E-state index contributed by atoms with van der Waals surface area (Å²) in [6, 6.07) is 4.79. The number of amides is 1. The monoisotopic (exact) mass is 317 g/mol. The normalized spacial score (nSPS) is 12.6. The largest absolute Gasteiger partial charge is 0.396 e. The van der Waals surface area contributed by atoms with Crippen LogP contribution in [0.1, 0.15) is 12.0 Å². The van der Waals surface area contributed by atoms with Crippen LogP contribution in [-0.2, 0) is 9.53 Å². The van der Waals surface area contributed by atoms with Gasteiger partial charge < -0.3 is 15.2 Å². The highest BCUT2D eigenvalue weighted by molar-refractivity contribution is 6.34.